The highest BCUT2D eigenvalue weighted by molar-refractivity contribution is 6.38. The van der Waals surface area contributed by atoms with Crippen LogP contribution in [-0.2, 0) is 4.79 Å². The van der Waals surface area contributed by atoms with Crippen molar-refractivity contribution in [1.29, 1.82) is 0 Å². The molecule has 11 heteroatoms. The van der Waals surface area contributed by atoms with Gasteiger partial charge in [-0.3, -0.25) is 9.69 Å². The monoisotopic (exact) mass is 658 g/mol. The van der Waals surface area contributed by atoms with Gasteiger partial charge in [-0.2, -0.15) is 9.97 Å². The van der Waals surface area contributed by atoms with Gasteiger partial charge in [0, 0.05) is 59.0 Å². The number of ether oxygens (including phenoxy) is 1. The Morgan fingerprint density at radius 3 is 2.74 bits per heavy atom. The number of amides is 1. The van der Waals surface area contributed by atoms with E-state index in [0.717, 1.165) is 46.7 Å². The SMILES string of the molecule is [C-]#[N+]C[C@H]1CN(c2nc(OC[C@@]34CCCN3C[C@H](F)C4)nc3cc(-c4cccc5cccc(Cl)c45)c(Cl)cc23)CCN1C(=O)C=C. The topological polar surface area (TPSA) is 66.2 Å². The molecule has 3 aromatic carbocycles. The first kappa shape index (κ1) is 30.7. The van der Waals surface area contributed by atoms with E-state index in [-0.39, 0.29) is 30.0 Å². The Morgan fingerprint density at radius 2 is 1.93 bits per heavy atom. The van der Waals surface area contributed by atoms with Gasteiger partial charge in [0.25, 0.3) is 0 Å². The van der Waals surface area contributed by atoms with Crippen LogP contribution in [0.5, 0.6) is 6.01 Å². The lowest BCUT2D eigenvalue weighted by atomic mass is 9.95. The normalized spacial score (nSPS) is 23.1. The molecule has 3 atom stereocenters. The quantitative estimate of drug-likeness (QED) is 0.160. The molecule has 1 aromatic heterocycles. The van der Waals surface area contributed by atoms with E-state index in [1.807, 2.05) is 48.5 Å². The fourth-order valence-electron chi connectivity index (χ4n) is 7.51. The van der Waals surface area contributed by atoms with E-state index in [2.05, 4.69) is 21.2 Å². The van der Waals surface area contributed by atoms with Crippen molar-refractivity contribution in [3.8, 4) is 17.1 Å². The van der Waals surface area contributed by atoms with Gasteiger partial charge < -0.3 is 19.4 Å². The number of rotatable bonds is 7. The number of nitrogens with zero attached hydrogens (tertiary/aromatic N) is 6. The molecule has 8 nitrogen and oxygen atoms in total. The van der Waals surface area contributed by atoms with Crippen molar-refractivity contribution in [2.75, 3.05) is 50.8 Å². The summed E-state index contributed by atoms with van der Waals surface area (Å²) >= 11 is 13.7. The van der Waals surface area contributed by atoms with Crippen LogP contribution in [0.25, 0.3) is 37.6 Å². The third-order valence-corrected chi connectivity index (χ3v) is 10.3. The number of piperazine rings is 1. The minimum Gasteiger partial charge on any atom is -0.461 e. The average Bonchev–Trinajstić information content (AvgIpc) is 3.58. The third kappa shape index (κ3) is 5.42. The molecule has 0 bridgehead atoms. The van der Waals surface area contributed by atoms with Crippen molar-refractivity contribution in [3.63, 3.8) is 0 Å². The van der Waals surface area contributed by atoms with E-state index in [0.29, 0.717) is 60.6 Å². The third-order valence-electron chi connectivity index (χ3n) is 9.66. The van der Waals surface area contributed by atoms with Crippen LogP contribution in [0.4, 0.5) is 10.2 Å². The summed E-state index contributed by atoms with van der Waals surface area (Å²) in [4.78, 5) is 32.0. The number of halogens is 3. The maximum absolute atomic E-state index is 14.5. The molecular weight excluding hydrogens is 626 g/mol. The number of anilines is 1. The van der Waals surface area contributed by atoms with Crippen molar-refractivity contribution < 1.29 is 13.9 Å². The van der Waals surface area contributed by atoms with Gasteiger partial charge in [0.15, 0.2) is 0 Å². The van der Waals surface area contributed by atoms with Crippen LogP contribution in [0.3, 0.4) is 0 Å². The highest BCUT2D eigenvalue weighted by Gasteiger charge is 2.49. The summed E-state index contributed by atoms with van der Waals surface area (Å²) in [6.07, 6.45) is 2.73. The number of carbonyl (C=O) groups excluding carboxylic acids is 1. The van der Waals surface area contributed by atoms with Crippen LogP contribution in [0, 0.1) is 6.57 Å². The second-order valence-corrected chi connectivity index (χ2v) is 13.2. The molecule has 3 saturated heterocycles. The lowest BCUT2D eigenvalue weighted by Crippen LogP contribution is -2.56. The van der Waals surface area contributed by atoms with Gasteiger partial charge in [0.05, 0.1) is 11.1 Å². The maximum atomic E-state index is 14.5. The molecular formula is C35H33Cl2FN6O2. The highest BCUT2D eigenvalue weighted by atomic mass is 35.5. The van der Waals surface area contributed by atoms with Crippen molar-refractivity contribution >= 4 is 56.6 Å². The van der Waals surface area contributed by atoms with Crippen LogP contribution in [0.1, 0.15) is 19.3 Å². The van der Waals surface area contributed by atoms with Gasteiger partial charge in [-0.15, -0.1) is 0 Å². The largest absolute Gasteiger partial charge is 0.461 e. The number of benzene rings is 3. The van der Waals surface area contributed by atoms with Crippen LogP contribution in [-0.4, -0.2) is 89.3 Å². The smallest absolute Gasteiger partial charge is 0.319 e. The van der Waals surface area contributed by atoms with Crippen LogP contribution < -0.4 is 9.64 Å². The fourth-order valence-corrected chi connectivity index (χ4v) is 8.06. The zero-order valence-electron chi connectivity index (χ0n) is 25.3. The minimum absolute atomic E-state index is 0.151. The molecule has 46 heavy (non-hydrogen) atoms. The Kier molecular flexibility index (Phi) is 8.22. The maximum Gasteiger partial charge on any atom is 0.319 e. The summed E-state index contributed by atoms with van der Waals surface area (Å²) in [7, 11) is 0. The van der Waals surface area contributed by atoms with Gasteiger partial charge in [-0.25, -0.2) is 11.0 Å². The number of alkyl halides is 1. The van der Waals surface area contributed by atoms with E-state index in [4.69, 9.17) is 44.5 Å². The second kappa shape index (κ2) is 12.3. The van der Waals surface area contributed by atoms with Crippen molar-refractivity contribution in [2.45, 2.75) is 37.0 Å². The van der Waals surface area contributed by atoms with Gasteiger partial charge >= 0.3 is 6.01 Å². The van der Waals surface area contributed by atoms with Crippen LogP contribution >= 0.6 is 23.2 Å². The van der Waals surface area contributed by atoms with Gasteiger partial charge in [-0.1, -0.05) is 60.1 Å². The Hall–Kier alpha value is -3.97. The molecule has 0 unspecified atom stereocenters. The van der Waals surface area contributed by atoms with E-state index >= 15 is 0 Å². The fraction of sp³-hybridized carbons (Fsp3) is 0.371. The summed E-state index contributed by atoms with van der Waals surface area (Å²) in [5.41, 5.74) is 1.92. The molecule has 3 aliphatic heterocycles. The van der Waals surface area contributed by atoms with Crippen LogP contribution in [0.2, 0.25) is 10.0 Å². The molecule has 0 radical (unpaired) electrons. The molecule has 0 aliphatic carbocycles. The van der Waals surface area contributed by atoms with E-state index in [9.17, 15) is 9.18 Å². The Balaban J connectivity index is 1.33. The van der Waals surface area contributed by atoms with Gasteiger partial charge in [0.1, 0.15) is 24.6 Å². The first-order chi connectivity index (χ1) is 22.3. The predicted molar refractivity (Wildman–Crippen MR) is 180 cm³/mol. The molecule has 0 spiro atoms. The van der Waals surface area contributed by atoms with E-state index < -0.39 is 6.17 Å². The molecule has 4 aromatic rings. The number of hydrogen-bond acceptors (Lipinski definition) is 6. The summed E-state index contributed by atoms with van der Waals surface area (Å²) < 4.78 is 20.9. The predicted octanol–water partition coefficient (Wildman–Crippen LogP) is 6.83. The number of carbonyl (C=O) groups is 1. The molecule has 7 rings (SSSR count). The standard InChI is InChI=1S/C35H33Cl2FN6O2/c1-3-31(45)44-14-13-42(20-24(44)18-39-2)33-27-15-29(37)26(25-9-4-7-22-8-5-10-28(36)32(22)25)16-30(27)40-34(41-33)46-21-35-11-6-12-43(35)19-23(38)17-35/h3-5,7-10,15-16,23-24H,1,6,11-14,17-21H2/t23-,24+,35+/m1/s1. The van der Waals surface area contributed by atoms with Crippen molar-refractivity contribution in [2.24, 2.45) is 0 Å². The highest BCUT2D eigenvalue weighted by Crippen LogP contribution is 2.42. The number of aromatic nitrogens is 2. The first-order valence-corrected chi connectivity index (χ1v) is 16.3. The summed E-state index contributed by atoms with van der Waals surface area (Å²) in [5, 5.41) is 3.75. The molecule has 236 valence electrons. The Bertz CT molecular complexity index is 1890. The van der Waals surface area contributed by atoms with E-state index in [1.54, 1.807) is 4.90 Å². The summed E-state index contributed by atoms with van der Waals surface area (Å²) in [6.45, 7) is 14.2. The summed E-state index contributed by atoms with van der Waals surface area (Å²) in [6, 6.07) is 15.4. The molecule has 4 heterocycles. The average molecular weight is 660 g/mol. The lowest BCUT2D eigenvalue weighted by molar-refractivity contribution is -0.128. The Morgan fingerprint density at radius 1 is 1.11 bits per heavy atom. The summed E-state index contributed by atoms with van der Waals surface area (Å²) in [5.74, 6) is 0.412. The van der Waals surface area contributed by atoms with Gasteiger partial charge in [-0.05, 0) is 54.6 Å². The van der Waals surface area contributed by atoms with Crippen molar-refractivity contribution in [1.82, 2.24) is 19.8 Å². The lowest BCUT2D eigenvalue weighted by Gasteiger charge is -2.39. The second-order valence-electron chi connectivity index (χ2n) is 12.4. The first-order valence-electron chi connectivity index (χ1n) is 15.5. The van der Waals surface area contributed by atoms with Crippen molar-refractivity contribution in [3.05, 3.63) is 82.6 Å². The number of fused-ring (bicyclic) bond motifs is 3. The Labute approximate surface area is 277 Å². The minimum atomic E-state index is -0.872. The molecule has 3 aliphatic rings. The van der Waals surface area contributed by atoms with Gasteiger partial charge in [0.2, 0.25) is 12.5 Å². The molecule has 0 saturated carbocycles. The molecule has 1 amide bonds. The zero-order chi connectivity index (χ0) is 32.0. The van der Waals surface area contributed by atoms with E-state index in [1.165, 1.54) is 6.08 Å². The van der Waals surface area contributed by atoms with Crippen LogP contribution in [0.15, 0.2) is 61.2 Å². The zero-order valence-corrected chi connectivity index (χ0v) is 26.8. The number of hydrogen-bond donors (Lipinski definition) is 0. The molecule has 3 fully saturated rings. The molecule has 0 N–H and O–H groups in total.